The summed E-state index contributed by atoms with van der Waals surface area (Å²) >= 11 is 1.54. The van der Waals surface area contributed by atoms with Crippen LogP contribution in [0.15, 0.2) is 29.8 Å². The van der Waals surface area contributed by atoms with Gasteiger partial charge < -0.3 is 4.90 Å². The Morgan fingerprint density at radius 2 is 2.04 bits per heavy atom. The van der Waals surface area contributed by atoms with Crippen molar-refractivity contribution in [2.45, 2.75) is 39.3 Å². The first-order valence-electron chi connectivity index (χ1n) is 8.47. The number of carbonyl (C=O) groups is 1. The van der Waals surface area contributed by atoms with E-state index < -0.39 is 0 Å². The van der Waals surface area contributed by atoms with E-state index in [1.165, 1.54) is 0 Å². The fraction of sp³-hybridized carbons (Fsp3) is 0.500. The standard InChI is InChI=1S/C18H24N4OS/c1-4-21-10-13(2)22(14(3)11-21)17(23)9-15-12-24-18(20-15)16-7-5-6-8-19-16/h5-8,12-14H,4,9-11H2,1-3H3. The second-order valence-electron chi connectivity index (χ2n) is 6.39. The molecule has 1 fully saturated rings. The minimum Gasteiger partial charge on any atom is -0.334 e. The molecule has 2 atom stereocenters. The zero-order valence-electron chi connectivity index (χ0n) is 14.5. The Kier molecular flexibility index (Phi) is 5.26. The Labute approximate surface area is 147 Å². The third-order valence-corrected chi connectivity index (χ3v) is 5.41. The number of hydrogen-bond donors (Lipinski definition) is 0. The van der Waals surface area contributed by atoms with Crippen LogP contribution < -0.4 is 0 Å². The van der Waals surface area contributed by atoms with Gasteiger partial charge in [0.15, 0.2) is 0 Å². The van der Waals surface area contributed by atoms with Crippen molar-refractivity contribution in [3.63, 3.8) is 0 Å². The number of thiazole rings is 1. The van der Waals surface area contributed by atoms with Gasteiger partial charge in [0.05, 0.1) is 17.8 Å². The average molecular weight is 344 g/mol. The Bertz CT molecular complexity index is 675. The molecule has 0 saturated carbocycles. The maximum absolute atomic E-state index is 12.8. The molecule has 0 aliphatic carbocycles. The second-order valence-corrected chi connectivity index (χ2v) is 7.25. The molecule has 3 heterocycles. The maximum Gasteiger partial charge on any atom is 0.229 e. The van der Waals surface area contributed by atoms with Crippen molar-refractivity contribution in [2.24, 2.45) is 0 Å². The molecule has 2 aromatic heterocycles. The van der Waals surface area contributed by atoms with Crippen LogP contribution in [0.1, 0.15) is 26.5 Å². The third-order valence-electron chi connectivity index (χ3n) is 4.50. The van der Waals surface area contributed by atoms with Crippen LogP contribution in [0.3, 0.4) is 0 Å². The van der Waals surface area contributed by atoms with Gasteiger partial charge in [-0.25, -0.2) is 4.98 Å². The largest absolute Gasteiger partial charge is 0.334 e. The van der Waals surface area contributed by atoms with Crippen LogP contribution in [0.25, 0.3) is 10.7 Å². The zero-order valence-corrected chi connectivity index (χ0v) is 15.3. The minimum absolute atomic E-state index is 0.170. The van der Waals surface area contributed by atoms with Gasteiger partial charge in [-0.15, -0.1) is 11.3 Å². The van der Waals surface area contributed by atoms with Gasteiger partial charge in [0.25, 0.3) is 0 Å². The van der Waals surface area contributed by atoms with Gasteiger partial charge in [-0.05, 0) is 32.5 Å². The van der Waals surface area contributed by atoms with E-state index in [-0.39, 0.29) is 18.0 Å². The lowest BCUT2D eigenvalue weighted by Crippen LogP contribution is -2.58. The first-order valence-corrected chi connectivity index (χ1v) is 9.35. The Balaban J connectivity index is 1.68. The van der Waals surface area contributed by atoms with E-state index in [0.29, 0.717) is 6.42 Å². The Morgan fingerprint density at radius 3 is 2.67 bits per heavy atom. The van der Waals surface area contributed by atoms with Crippen LogP contribution in [0.2, 0.25) is 0 Å². The quantitative estimate of drug-likeness (QED) is 0.856. The third kappa shape index (κ3) is 3.65. The molecule has 24 heavy (non-hydrogen) atoms. The number of rotatable bonds is 4. The average Bonchev–Trinajstić information content (AvgIpc) is 3.03. The van der Waals surface area contributed by atoms with Crippen molar-refractivity contribution in [2.75, 3.05) is 19.6 Å². The molecule has 2 unspecified atom stereocenters. The fourth-order valence-electron chi connectivity index (χ4n) is 3.42. The number of aromatic nitrogens is 2. The lowest BCUT2D eigenvalue weighted by molar-refractivity contribution is -0.138. The molecule has 1 amide bonds. The molecule has 3 rings (SSSR count). The summed E-state index contributed by atoms with van der Waals surface area (Å²) < 4.78 is 0. The summed E-state index contributed by atoms with van der Waals surface area (Å²) in [7, 11) is 0. The van der Waals surface area contributed by atoms with Gasteiger partial charge in [-0.1, -0.05) is 13.0 Å². The molecule has 1 aliphatic rings. The lowest BCUT2D eigenvalue weighted by Gasteiger charge is -2.44. The smallest absolute Gasteiger partial charge is 0.229 e. The summed E-state index contributed by atoms with van der Waals surface area (Å²) in [6.07, 6.45) is 2.13. The summed E-state index contributed by atoms with van der Waals surface area (Å²) in [6.45, 7) is 9.38. The van der Waals surface area contributed by atoms with Gasteiger partial charge >= 0.3 is 0 Å². The van der Waals surface area contributed by atoms with E-state index in [4.69, 9.17) is 0 Å². The van der Waals surface area contributed by atoms with E-state index in [1.54, 1.807) is 17.5 Å². The SMILES string of the molecule is CCN1CC(C)N(C(=O)Cc2csc(-c3ccccn3)n2)C(C)C1. The minimum atomic E-state index is 0.170. The Hall–Kier alpha value is -1.79. The van der Waals surface area contributed by atoms with Crippen molar-refractivity contribution >= 4 is 17.2 Å². The maximum atomic E-state index is 12.8. The molecule has 0 aromatic carbocycles. The van der Waals surface area contributed by atoms with E-state index >= 15 is 0 Å². The van der Waals surface area contributed by atoms with Crippen LogP contribution in [0, 0.1) is 0 Å². The topological polar surface area (TPSA) is 49.3 Å². The van der Waals surface area contributed by atoms with Gasteiger partial charge in [0, 0.05) is 36.8 Å². The molecular formula is C18H24N4OS. The highest BCUT2D eigenvalue weighted by Gasteiger charge is 2.32. The first kappa shape index (κ1) is 17.0. The van der Waals surface area contributed by atoms with Gasteiger partial charge in [0.1, 0.15) is 5.01 Å². The van der Waals surface area contributed by atoms with Crippen molar-refractivity contribution in [1.82, 2.24) is 19.8 Å². The molecule has 0 radical (unpaired) electrons. The van der Waals surface area contributed by atoms with Crippen molar-refractivity contribution in [1.29, 1.82) is 0 Å². The van der Waals surface area contributed by atoms with Crippen LogP contribution in [0.4, 0.5) is 0 Å². The number of hydrogen-bond acceptors (Lipinski definition) is 5. The number of pyridine rings is 1. The van der Waals surface area contributed by atoms with E-state index in [0.717, 1.165) is 36.0 Å². The molecule has 0 bridgehead atoms. The van der Waals surface area contributed by atoms with Crippen molar-refractivity contribution < 1.29 is 4.79 Å². The van der Waals surface area contributed by atoms with E-state index in [2.05, 4.69) is 35.6 Å². The summed E-state index contributed by atoms with van der Waals surface area (Å²) in [5.41, 5.74) is 1.70. The Morgan fingerprint density at radius 1 is 1.29 bits per heavy atom. The van der Waals surface area contributed by atoms with Crippen LogP contribution in [0.5, 0.6) is 0 Å². The van der Waals surface area contributed by atoms with Gasteiger partial charge in [-0.2, -0.15) is 0 Å². The molecule has 5 nitrogen and oxygen atoms in total. The number of carbonyl (C=O) groups excluding carboxylic acids is 1. The normalized spacial score (nSPS) is 21.9. The highest BCUT2D eigenvalue weighted by molar-refractivity contribution is 7.13. The van der Waals surface area contributed by atoms with E-state index in [1.807, 2.05) is 28.5 Å². The van der Waals surface area contributed by atoms with Crippen LogP contribution >= 0.6 is 11.3 Å². The number of likely N-dealkylation sites (N-methyl/N-ethyl adjacent to an activating group) is 1. The molecule has 128 valence electrons. The van der Waals surface area contributed by atoms with Crippen molar-refractivity contribution in [3.8, 4) is 10.7 Å². The summed E-state index contributed by atoms with van der Waals surface area (Å²) in [4.78, 5) is 26.1. The molecule has 0 N–H and O–H groups in total. The predicted molar refractivity (Wildman–Crippen MR) is 96.9 cm³/mol. The zero-order chi connectivity index (χ0) is 17.1. The highest BCUT2D eigenvalue weighted by atomic mass is 32.1. The molecular weight excluding hydrogens is 320 g/mol. The first-order chi connectivity index (χ1) is 11.6. The highest BCUT2D eigenvalue weighted by Crippen LogP contribution is 2.23. The molecule has 2 aromatic rings. The van der Waals surface area contributed by atoms with Crippen LogP contribution in [-0.2, 0) is 11.2 Å². The second kappa shape index (κ2) is 7.40. The fourth-order valence-corrected chi connectivity index (χ4v) is 4.22. The summed E-state index contributed by atoms with van der Waals surface area (Å²) in [6, 6.07) is 6.27. The predicted octanol–water partition coefficient (Wildman–Crippen LogP) is 2.69. The summed E-state index contributed by atoms with van der Waals surface area (Å²) in [5, 5.41) is 2.84. The van der Waals surface area contributed by atoms with Gasteiger partial charge in [0.2, 0.25) is 5.91 Å². The molecule has 0 spiro atoms. The van der Waals surface area contributed by atoms with Gasteiger partial charge in [-0.3, -0.25) is 14.7 Å². The molecule has 6 heteroatoms. The number of nitrogens with zero attached hydrogens (tertiary/aromatic N) is 4. The number of amides is 1. The monoisotopic (exact) mass is 344 g/mol. The van der Waals surface area contributed by atoms with Crippen molar-refractivity contribution in [3.05, 3.63) is 35.5 Å². The lowest BCUT2D eigenvalue weighted by atomic mass is 10.1. The summed E-state index contributed by atoms with van der Waals surface area (Å²) in [5.74, 6) is 0.170. The number of piperazine rings is 1. The molecule has 1 aliphatic heterocycles. The molecule has 1 saturated heterocycles. The van der Waals surface area contributed by atoms with E-state index in [9.17, 15) is 4.79 Å². The van der Waals surface area contributed by atoms with Crippen LogP contribution in [-0.4, -0.2) is 57.4 Å².